The van der Waals surface area contributed by atoms with E-state index in [1.54, 1.807) is 49.3 Å². The highest BCUT2D eigenvalue weighted by Gasteiger charge is 2.53. The number of aliphatic hydroxyl groups excluding tert-OH is 1. The molecule has 5 nitrogen and oxygen atoms in total. The third-order valence-corrected chi connectivity index (χ3v) is 4.78. The maximum atomic E-state index is 13.3. The average Bonchev–Trinajstić information content (AvgIpc) is 2.90. The van der Waals surface area contributed by atoms with E-state index in [0.29, 0.717) is 29.1 Å². The Kier molecular flexibility index (Phi) is 5.11. The van der Waals surface area contributed by atoms with Crippen LogP contribution >= 0.6 is 0 Å². The molecule has 3 rings (SSSR count). The molecule has 0 unspecified atom stereocenters. The maximum Gasteiger partial charge on any atom is 0.268 e. The van der Waals surface area contributed by atoms with E-state index in [0.717, 1.165) is 0 Å². The minimum atomic E-state index is -1.70. The number of aliphatic hydroxyl groups is 2. The quantitative estimate of drug-likeness (QED) is 0.783. The number of para-hydroxylation sites is 1. The third kappa shape index (κ3) is 2.89. The normalized spacial score (nSPS) is 20.5. The lowest BCUT2D eigenvalue weighted by molar-refractivity contribution is -0.138. The van der Waals surface area contributed by atoms with Crippen molar-refractivity contribution in [3.8, 4) is 5.75 Å². The first-order valence-corrected chi connectivity index (χ1v) is 8.62. The van der Waals surface area contributed by atoms with Crippen LogP contribution in [0.2, 0.25) is 0 Å². The van der Waals surface area contributed by atoms with Gasteiger partial charge in [0.25, 0.3) is 5.91 Å². The molecular formula is C21H23NO4. The van der Waals surface area contributed by atoms with E-state index in [-0.39, 0.29) is 6.61 Å². The molecule has 5 heteroatoms. The topological polar surface area (TPSA) is 70.0 Å². The number of anilines is 2. The number of rotatable bonds is 6. The number of benzene rings is 2. The van der Waals surface area contributed by atoms with Crippen molar-refractivity contribution in [2.24, 2.45) is 5.92 Å². The number of carbonyl (C=O) groups excluding carboxylic acids is 1. The fraction of sp³-hybridized carbons (Fsp3) is 0.286. The van der Waals surface area contributed by atoms with E-state index in [1.165, 1.54) is 0 Å². The second kappa shape index (κ2) is 7.32. The van der Waals surface area contributed by atoms with E-state index in [9.17, 15) is 9.90 Å². The van der Waals surface area contributed by atoms with Gasteiger partial charge in [-0.1, -0.05) is 37.3 Å². The van der Waals surface area contributed by atoms with Crippen LogP contribution in [0.25, 0.3) is 0 Å². The van der Waals surface area contributed by atoms with Gasteiger partial charge in [-0.05, 0) is 36.8 Å². The molecule has 0 fully saturated rings. The molecule has 0 saturated heterocycles. The monoisotopic (exact) mass is 353 g/mol. The molecule has 0 spiro atoms. The summed E-state index contributed by atoms with van der Waals surface area (Å²) in [7, 11) is 1.55. The second-order valence-corrected chi connectivity index (χ2v) is 6.35. The van der Waals surface area contributed by atoms with Crippen LogP contribution in [0.3, 0.4) is 0 Å². The van der Waals surface area contributed by atoms with Crippen molar-refractivity contribution < 1.29 is 19.7 Å². The Morgan fingerprint density at radius 1 is 1.23 bits per heavy atom. The minimum Gasteiger partial charge on any atom is -0.497 e. The third-order valence-electron chi connectivity index (χ3n) is 4.78. The van der Waals surface area contributed by atoms with Crippen molar-refractivity contribution in [2.75, 3.05) is 18.6 Å². The molecule has 0 radical (unpaired) electrons. The van der Waals surface area contributed by atoms with Crippen molar-refractivity contribution in [3.63, 3.8) is 0 Å². The van der Waals surface area contributed by atoms with Crippen LogP contribution in [0.5, 0.6) is 5.75 Å². The number of hydrogen-bond donors (Lipinski definition) is 2. The van der Waals surface area contributed by atoms with Crippen LogP contribution in [-0.2, 0) is 10.4 Å². The molecule has 136 valence electrons. The highest BCUT2D eigenvalue weighted by Crippen LogP contribution is 2.49. The molecule has 1 heterocycles. The highest BCUT2D eigenvalue weighted by atomic mass is 16.5. The summed E-state index contributed by atoms with van der Waals surface area (Å²) in [5.74, 6) is -0.286. The lowest BCUT2D eigenvalue weighted by atomic mass is 9.83. The van der Waals surface area contributed by atoms with E-state index >= 15 is 0 Å². The summed E-state index contributed by atoms with van der Waals surface area (Å²) in [5, 5.41) is 20.4. The zero-order chi connectivity index (χ0) is 18.7. The van der Waals surface area contributed by atoms with E-state index in [1.807, 2.05) is 30.3 Å². The van der Waals surface area contributed by atoms with Crippen molar-refractivity contribution in [1.82, 2.24) is 0 Å². The van der Waals surface area contributed by atoms with Crippen molar-refractivity contribution in [2.45, 2.75) is 18.9 Å². The Bertz CT molecular complexity index is 818. The van der Waals surface area contributed by atoms with Gasteiger partial charge in [0.15, 0.2) is 5.60 Å². The highest BCUT2D eigenvalue weighted by molar-refractivity contribution is 6.12. The molecule has 1 aliphatic rings. The van der Waals surface area contributed by atoms with E-state index < -0.39 is 17.4 Å². The van der Waals surface area contributed by atoms with E-state index in [2.05, 4.69) is 0 Å². The van der Waals surface area contributed by atoms with Gasteiger partial charge in [-0.3, -0.25) is 9.69 Å². The average molecular weight is 353 g/mol. The van der Waals surface area contributed by atoms with Crippen LogP contribution in [0, 0.1) is 5.92 Å². The number of carbonyl (C=O) groups is 1. The van der Waals surface area contributed by atoms with Crippen molar-refractivity contribution >= 4 is 17.3 Å². The smallest absolute Gasteiger partial charge is 0.268 e. The number of fused-ring (bicyclic) bond motifs is 1. The molecule has 2 atom stereocenters. The zero-order valence-corrected chi connectivity index (χ0v) is 14.9. The van der Waals surface area contributed by atoms with Gasteiger partial charge in [0.2, 0.25) is 0 Å². The first kappa shape index (κ1) is 18.2. The number of nitrogens with zero attached hydrogens (tertiary/aromatic N) is 1. The molecule has 0 saturated carbocycles. The number of amides is 1. The summed E-state index contributed by atoms with van der Waals surface area (Å²) >= 11 is 0. The number of methoxy groups -OCH3 is 1. The Morgan fingerprint density at radius 3 is 2.62 bits per heavy atom. The van der Waals surface area contributed by atoms with Crippen molar-refractivity contribution in [1.29, 1.82) is 0 Å². The number of ether oxygens (including phenoxy) is 1. The van der Waals surface area contributed by atoms with Gasteiger partial charge < -0.3 is 14.9 Å². The fourth-order valence-electron chi connectivity index (χ4n) is 3.33. The maximum absolute atomic E-state index is 13.3. The Hall–Kier alpha value is -2.63. The SMILES string of the molecule is COc1ccc2c(c1)[C@](O)([C@@H](C)/C=C/CCO)C(=O)N2c1ccccc1. The molecule has 0 aromatic heterocycles. The minimum absolute atomic E-state index is 0.0240. The standard InChI is InChI=1S/C21H23NO4/c1-15(8-6-7-13-23)21(25)18-14-17(26-2)11-12-19(18)22(20(21)24)16-9-4-3-5-10-16/h3-6,8-12,14-15,23,25H,7,13H2,1-2H3/b8-6+/t15-,21+/m0/s1. The van der Waals surface area contributed by atoms with Crippen LogP contribution in [0.1, 0.15) is 18.9 Å². The summed E-state index contributed by atoms with van der Waals surface area (Å²) in [5.41, 5.74) is 0.163. The summed E-state index contributed by atoms with van der Waals surface area (Å²) in [6, 6.07) is 14.6. The van der Waals surface area contributed by atoms with Gasteiger partial charge in [0.1, 0.15) is 5.75 Å². The molecule has 26 heavy (non-hydrogen) atoms. The first-order chi connectivity index (χ1) is 12.5. The molecule has 2 aromatic carbocycles. The Morgan fingerprint density at radius 2 is 1.96 bits per heavy atom. The zero-order valence-electron chi connectivity index (χ0n) is 14.9. The number of hydrogen-bond acceptors (Lipinski definition) is 4. The molecule has 0 bridgehead atoms. The largest absolute Gasteiger partial charge is 0.497 e. The Labute approximate surface area is 153 Å². The van der Waals surface area contributed by atoms with Gasteiger partial charge in [0, 0.05) is 23.8 Å². The lowest BCUT2D eigenvalue weighted by Crippen LogP contribution is -2.42. The van der Waals surface area contributed by atoms with Crippen LogP contribution in [0.15, 0.2) is 60.7 Å². The fourth-order valence-corrected chi connectivity index (χ4v) is 3.33. The first-order valence-electron chi connectivity index (χ1n) is 8.62. The molecular weight excluding hydrogens is 330 g/mol. The molecule has 1 aliphatic heterocycles. The van der Waals surface area contributed by atoms with Gasteiger partial charge in [-0.25, -0.2) is 0 Å². The second-order valence-electron chi connectivity index (χ2n) is 6.35. The van der Waals surface area contributed by atoms with Gasteiger partial charge >= 0.3 is 0 Å². The van der Waals surface area contributed by atoms with Gasteiger partial charge in [-0.15, -0.1) is 0 Å². The van der Waals surface area contributed by atoms with E-state index in [4.69, 9.17) is 9.84 Å². The van der Waals surface area contributed by atoms with Crippen LogP contribution in [0.4, 0.5) is 11.4 Å². The summed E-state index contributed by atoms with van der Waals surface area (Å²) in [6.45, 7) is 1.82. The Balaban J connectivity index is 2.13. The lowest BCUT2D eigenvalue weighted by Gasteiger charge is -2.27. The van der Waals surface area contributed by atoms with Crippen LogP contribution < -0.4 is 9.64 Å². The summed E-state index contributed by atoms with van der Waals surface area (Å²) < 4.78 is 5.30. The van der Waals surface area contributed by atoms with Gasteiger partial charge in [0.05, 0.1) is 12.8 Å². The summed E-state index contributed by atoms with van der Waals surface area (Å²) in [4.78, 5) is 14.9. The van der Waals surface area contributed by atoms with Crippen molar-refractivity contribution in [3.05, 3.63) is 66.2 Å². The molecule has 2 N–H and O–H groups in total. The molecule has 2 aromatic rings. The summed E-state index contributed by atoms with van der Waals surface area (Å²) in [6.07, 6.45) is 4.02. The van der Waals surface area contributed by atoms with Crippen LogP contribution in [-0.4, -0.2) is 29.8 Å². The molecule has 1 amide bonds. The predicted octanol–water partition coefficient (Wildman–Crippen LogP) is 3.14. The molecule has 0 aliphatic carbocycles. The van der Waals surface area contributed by atoms with Gasteiger partial charge in [-0.2, -0.15) is 0 Å². The predicted molar refractivity (Wildman–Crippen MR) is 100 cm³/mol.